The molecule has 2 saturated heterocycles. The van der Waals surface area contributed by atoms with Crippen LogP contribution in [-0.4, -0.2) is 30.5 Å². The molecule has 2 N–H and O–H groups in total. The van der Waals surface area contributed by atoms with Crippen molar-refractivity contribution >= 4 is 5.91 Å². The molecule has 31 heavy (non-hydrogen) atoms. The number of nitrogens with one attached hydrogen (secondary N) is 2. The summed E-state index contributed by atoms with van der Waals surface area (Å²) in [5.41, 5.74) is 9.13. The Kier molecular flexibility index (Phi) is 7.25. The van der Waals surface area contributed by atoms with Gasteiger partial charge in [0.05, 0.1) is 19.2 Å². The van der Waals surface area contributed by atoms with Crippen LogP contribution in [0, 0.1) is 5.92 Å². The van der Waals surface area contributed by atoms with E-state index in [0.717, 1.165) is 18.7 Å². The molecular weight excluding hydrogens is 386 g/mol. The van der Waals surface area contributed by atoms with E-state index in [2.05, 4.69) is 59.1 Å². The standard InChI is InChI=1S/C26H35N3O2/c1-3-4-5-6-7-11-18-29-25(20-12-9-8-10-13-20)22-23(27-28-24(22)26(29)30)19-14-16-21(31-2)17-15-19/h8-10,12-17,22-25,27-28H,3-7,11,18H2,1-2H3. The molecule has 1 amide bonds. The molecule has 2 fully saturated rings. The second kappa shape index (κ2) is 10.3. The van der Waals surface area contributed by atoms with Crippen LogP contribution in [0.25, 0.3) is 0 Å². The summed E-state index contributed by atoms with van der Waals surface area (Å²) in [7, 11) is 1.68. The average molecular weight is 422 g/mol. The number of hydrogen-bond donors (Lipinski definition) is 2. The van der Waals surface area contributed by atoms with Crippen LogP contribution in [0.3, 0.4) is 0 Å². The van der Waals surface area contributed by atoms with E-state index >= 15 is 0 Å². The molecule has 2 aromatic carbocycles. The van der Waals surface area contributed by atoms with Crippen LogP contribution in [-0.2, 0) is 4.79 Å². The van der Waals surface area contributed by atoms with Crippen molar-refractivity contribution in [2.45, 2.75) is 63.6 Å². The minimum absolute atomic E-state index is 0.0691. The summed E-state index contributed by atoms with van der Waals surface area (Å²) in [6.07, 6.45) is 7.37. The summed E-state index contributed by atoms with van der Waals surface area (Å²) in [5.74, 6) is 1.21. The van der Waals surface area contributed by atoms with Gasteiger partial charge in [-0.2, -0.15) is 0 Å². The molecule has 166 valence electrons. The van der Waals surface area contributed by atoms with Gasteiger partial charge in [-0.25, -0.2) is 10.9 Å². The van der Waals surface area contributed by atoms with Crippen molar-refractivity contribution in [1.29, 1.82) is 0 Å². The summed E-state index contributed by atoms with van der Waals surface area (Å²) in [4.78, 5) is 15.6. The Morgan fingerprint density at radius 2 is 1.52 bits per heavy atom. The number of unbranched alkanes of at least 4 members (excludes halogenated alkanes) is 5. The fourth-order valence-corrected chi connectivity index (χ4v) is 5.16. The van der Waals surface area contributed by atoms with Gasteiger partial charge in [-0.15, -0.1) is 0 Å². The maximum absolute atomic E-state index is 13.4. The van der Waals surface area contributed by atoms with Gasteiger partial charge in [0.15, 0.2) is 0 Å². The molecule has 0 bridgehead atoms. The minimum atomic E-state index is -0.197. The highest BCUT2D eigenvalue weighted by Gasteiger charge is 2.55. The Bertz CT molecular complexity index is 839. The normalized spacial score (nSPS) is 25.1. The van der Waals surface area contributed by atoms with E-state index < -0.39 is 0 Å². The lowest BCUT2D eigenvalue weighted by Crippen LogP contribution is -2.41. The Balaban J connectivity index is 1.55. The van der Waals surface area contributed by atoms with Gasteiger partial charge in [-0.1, -0.05) is 81.5 Å². The maximum Gasteiger partial charge on any atom is 0.242 e. The molecule has 4 unspecified atom stereocenters. The number of fused-ring (bicyclic) bond motifs is 1. The van der Waals surface area contributed by atoms with Crippen molar-refractivity contribution in [3.05, 3.63) is 65.7 Å². The number of hydrazine groups is 1. The van der Waals surface area contributed by atoms with Crippen molar-refractivity contribution in [1.82, 2.24) is 15.8 Å². The highest BCUT2D eigenvalue weighted by atomic mass is 16.5. The van der Waals surface area contributed by atoms with Crippen molar-refractivity contribution in [3.8, 4) is 5.75 Å². The predicted octanol–water partition coefficient (Wildman–Crippen LogP) is 4.77. The fraction of sp³-hybridized carbons (Fsp3) is 0.500. The second-order valence-corrected chi connectivity index (χ2v) is 8.75. The smallest absolute Gasteiger partial charge is 0.242 e. The van der Waals surface area contributed by atoms with Gasteiger partial charge in [0, 0.05) is 12.5 Å². The molecule has 2 heterocycles. The number of benzene rings is 2. The molecular formula is C26H35N3O2. The number of likely N-dealkylation sites (tertiary alicyclic amines) is 1. The predicted molar refractivity (Wildman–Crippen MR) is 124 cm³/mol. The first-order valence-electron chi connectivity index (χ1n) is 11.7. The molecule has 5 heteroatoms. The molecule has 0 aromatic heterocycles. The topological polar surface area (TPSA) is 53.6 Å². The van der Waals surface area contributed by atoms with E-state index in [-0.39, 0.29) is 30.0 Å². The lowest BCUT2D eigenvalue weighted by molar-refractivity contribution is -0.130. The zero-order valence-corrected chi connectivity index (χ0v) is 18.7. The van der Waals surface area contributed by atoms with Gasteiger partial charge in [0.2, 0.25) is 5.91 Å². The number of amides is 1. The molecule has 5 nitrogen and oxygen atoms in total. The zero-order chi connectivity index (χ0) is 21.6. The fourth-order valence-electron chi connectivity index (χ4n) is 5.16. The summed E-state index contributed by atoms with van der Waals surface area (Å²) in [6.45, 7) is 3.07. The Labute approximate surface area is 186 Å². The van der Waals surface area contributed by atoms with Crippen molar-refractivity contribution in [2.75, 3.05) is 13.7 Å². The van der Waals surface area contributed by atoms with E-state index in [4.69, 9.17) is 4.74 Å². The number of rotatable bonds is 10. The average Bonchev–Trinajstić information content (AvgIpc) is 3.36. The van der Waals surface area contributed by atoms with Gasteiger partial charge in [0.25, 0.3) is 0 Å². The summed E-state index contributed by atoms with van der Waals surface area (Å²) in [6, 6.07) is 18.7. The largest absolute Gasteiger partial charge is 0.497 e. The first-order chi connectivity index (χ1) is 15.2. The van der Waals surface area contributed by atoms with Crippen LogP contribution in [0.5, 0.6) is 5.75 Å². The zero-order valence-electron chi connectivity index (χ0n) is 18.7. The third-order valence-corrected chi connectivity index (χ3v) is 6.78. The maximum atomic E-state index is 13.4. The number of nitrogens with zero attached hydrogens (tertiary/aromatic N) is 1. The molecule has 2 aliphatic heterocycles. The Morgan fingerprint density at radius 3 is 2.23 bits per heavy atom. The summed E-state index contributed by atoms with van der Waals surface area (Å²) in [5, 5.41) is 0. The van der Waals surface area contributed by atoms with Crippen molar-refractivity contribution in [3.63, 3.8) is 0 Å². The van der Waals surface area contributed by atoms with Crippen molar-refractivity contribution in [2.24, 2.45) is 5.92 Å². The van der Waals surface area contributed by atoms with E-state index in [1.165, 1.54) is 43.2 Å². The van der Waals surface area contributed by atoms with Crippen LogP contribution in [0.2, 0.25) is 0 Å². The summed E-state index contributed by atoms with van der Waals surface area (Å²) >= 11 is 0. The summed E-state index contributed by atoms with van der Waals surface area (Å²) < 4.78 is 5.32. The number of carbonyl (C=O) groups is 1. The van der Waals surface area contributed by atoms with E-state index in [1.54, 1.807) is 7.11 Å². The molecule has 2 aromatic rings. The van der Waals surface area contributed by atoms with Crippen LogP contribution in [0.15, 0.2) is 54.6 Å². The minimum Gasteiger partial charge on any atom is -0.497 e. The van der Waals surface area contributed by atoms with Gasteiger partial charge < -0.3 is 9.64 Å². The van der Waals surface area contributed by atoms with Crippen LogP contribution >= 0.6 is 0 Å². The number of ether oxygens (including phenoxy) is 1. The Morgan fingerprint density at radius 1 is 0.839 bits per heavy atom. The van der Waals surface area contributed by atoms with Crippen LogP contribution < -0.4 is 15.6 Å². The molecule has 4 rings (SSSR count). The highest BCUT2D eigenvalue weighted by Crippen LogP contribution is 2.47. The van der Waals surface area contributed by atoms with Gasteiger partial charge >= 0.3 is 0 Å². The third kappa shape index (κ3) is 4.63. The SMILES string of the molecule is CCCCCCCCN1C(=O)C2NNC(c3ccc(OC)cc3)C2C1c1ccccc1. The van der Waals surface area contributed by atoms with E-state index in [0.29, 0.717) is 0 Å². The van der Waals surface area contributed by atoms with Gasteiger partial charge in [0.1, 0.15) is 11.8 Å². The van der Waals surface area contributed by atoms with E-state index in [9.17, 15) is 4.79 Å². The molecule has 2 aliphatic rings. The molecule has 0 saturated carbocycles. The number of methoxy groups -OCH3 is 1. The third-order valence-electron chi connectivity index (χ3n) is 6.78. The lowest BCUT2D eigenvalue weighted by Gasteiger charge is -2.31. The Hall–Kier alpha value is -2.37. The lowest BCUT2D eigenvalue weighted by atomic mass is 9.83. The quantitative estimate of drug-likeness (QED) is 0.543. The molecule has 0 spiro atoms. The highest BCUT2D eigenvalue weighted by molar-refractivity contribution is 5.86. The number of hydrogen-bond acceptors (Lipinski definition) is 4. The number of carbonyl (C=O) groups excluding carboxylic acids is 1. The molecule has 0 radical (unpaired) electrons. The van der Waals surface area contributed by atoms with Crippen molar-refractivity contribution < 1.29 is 9.53 Å². The van der Waals surface area contributed by atoms with Crippen LogP contribution in [0.4, 0.5) is 0 Å². The van der Waals surface area contributed by atoms with Crippen LogP contribution in [0.1, 0.15) is 68.7 Å². The monoisotopic (exact) mass is 421 g/mol. The second-order valence-electron chi connectivity index (χ2n) is 8.75. The van der Waals surface area contributed by atoms with Gasteiger partial charge in [-0.05, 0) is 29.7 Å². The van der Waals surface area contributed by atoms with E-state index in [1.807, 2.05) is 18.2 Å². The molecule has 4 atom stereocenters. The first-order valence-corrected chi connectivity index (χ1v) is 11.7. The molecule has 0 aliphatic carbocycles. The first kappa shape index (κ1) is 21.8. The van der Waals surface area contributed by atoms with Gasteiger partial charge in [-0.3, -0.25) is 4.79 Å².